The lowest BCUT2D eigenvalue weighted by molar-refractivity contribution is -0.121. The van der Waals surface area contributed by atoms with Crippen LogP contribution in [0.25, 0.3) is 11.0 Å². The number of aromatic hydroxyl groups is 1. The highest BCUT2D eigenvalue weighted by Gasteiger charge is 2.16. The van der Waals surface area contributed by atoms with Crippen molar-refractivity contribution in [1.82, 2.24) is 5.32 Å². The van der Waals surface area contributed by atoms with Crippen molar-refractivity contribution in [2.24, 2.45) is 0 Å². The van der Waals surface area contributed by atoms with Gasteiger partial charge in [-0.05, 0) is 37.0 Å². The molecule has 6 heteroatoms. The maximum absolute atomic E-state index is 12.1. The number of benzene rings is 1. The number of fused-ring (bicyclic) bond motifs is 1. The van der Waals surface area contributed by atoms with Crippen molar-refractivity contribution >= 4 is 16.9 Å². The van der Waals surface area contributed by atoms with Crippen molar-refractivity contribution in [1.29, 1.82) is 0 Å². The maximum atomic E-state index is 12.1. The van der Waals surface area contributed by atoms with Crippen molar-refractivity contribution < 1.29 is 19.1 Å². The smallest absolute Gasteiger partial charge is 0.336 e. The molecule has 0 saturated carbocycles. The molecule has 1 amide bonds. The number of amides is 1. The van der Waals surface area contributed by atoms with Crippen molar-refractivity contribution in [3.8, 4) is 5.75 Å². The summed E-state index contributed by atoms with van der Waals surface area (Å²) in [5, 5.41) is 13.0. The molecule has 1 unspecified atom stereocenters. The summed E-state index contributed by atoms with van der Waals surface area (Å²) in [7, 11) is 0. The van der Waals surface area contributed by atoms with Gasteiger partial charge in [0.2, 0.25) is 5.91 Å². The van der Waals surface area contributed by atoms with Crippen LogP contribution in [0.2, 0.25) is 0 Å². The van der Waals surface area contributed by atoms with E-state index in [9.17, 15) is 14.7 Å². The molecule has 1 atom stereocenters. The Labute approximate surface area is 133 Å². The van der Waals surface area contributed by atoms with Crippen molar-refractivity contribution in [3.05, 3.63) is 40.2 Å². The third kappa shape index (κ3) is 3.90. The molecule has 1 fully saturated rings. The molecule has 2 heterocycles. The lowest BCUT2D eigenvalue weighted by atomic mass is 10.1. The van der Waals surface area contributed by atoms with E-state index in [4.69, 9.17) is 9.15 Å². The van der Waals surface area contributed by atoms with Gasteiger partial charge in [-0.3, -0.25) is 4.79 Å². The largest absolute Gasteiger partial charge is 0.508 e. The van der Waals surface area contributed by atoms with Crippen LogP contribution in [0, 0.1) is 0 Å². The fourth-order valence-corrected chi connectivity index (χ4v) is 2.80. The second-order valence-electron chi connectivity index (χ2n) is 5.74. The van der Waals surface area contributed by atoms with Gasteiger partial charge >= 0.3 is 5.63 Å². The van der Waals surface area contributed by atoms with Gasteiger partial charge < -0.3 is 19.6 Å². The second kappa shape index (κ2) is 6.83. The molecule has 6 nitrogen and oxygen atoms in total. The van der Waals surface area contributed by atoms with Crippen LogP contribution in [-0.4, -0.2) is 30.3 Å². The zero-order valence-electron chi connectivity index (χ0n) is 12.7. The van der Waals surface area contributed by atoms with E-state index in [-0.39, 0.29) is 29.8 Å². The number of hydrogen-bond acceptors (Lipinski definition) is 5. The third-order valence-electron chi connectivity index (χ3n) is 3.97. The summed E-state index contributed by atoms with van der Waals surface area (Å²) >= 11 is 0. The summed E-state index contributed by atoms with van der Waals surface area (Å²) in [4.78, 5) is 23.7. The van der Waals surface area contributed by atoms with Gasteiger partial charge in [0.1, 0.15) is 11.3 Å². The van der Waals surface area contributed by atoms with Gasteiger partial charge in [0.05, 0.1) is 12.5 Å². The first kappa shape index (κ1) is 15.6. The Balaban J connectivity index is 1.70. The van der Waals surface area contributed by atoms with E-state index in [1.165, 1.54) is 18.2 Å². The zero-order valence-corrected chi connectivity index (χ0v) is 12.7. The van der Waals surface area contributed by atoms with Crippen LogP contribution in [-0.2, 0) is 16.0 Å². The molecule has 23 heavy (non-hydrogen) atoms. The zero-order chi connectivity index (χ0) is 16.2. The standard InChI is InChI=1S/C17H19NO5/c19-12-4-5-14-11(8-17(21)23-15(14)9-12)7-16(20)18-10-13-3-1-2-6-22-13/h4-5,8-9,13,19H,1-3,6-7,10H2,(H,18,20). The lowest BCUT2D eigenvalue weighted by Gasteiger charge is -2.22. The lowest BCUT2D eigenvalue weighted by Crippen LogP contribution is -2.36. The highest BCUT2D eigenvalue weighted by molar-refractivity contribution is 5.87. The summed E-state index contributed by atoms with van der Waals surface area (Å²) in [6.07, 6.45) is 3.30. The summed E-state index contributed by atoms with van der Waals surface area (Å²) in [5.74, 6) is -0.157. The highest BCUT2D eigenvalue weighted by Crippen LogP contribution is 2.22. The van der Waals surface area contributed by atoms with Gasteiger partial charge in [-0.25, -0.2) is 4.79 Å². The van der Waals surface area contributed by atoms with Crippen LogP contribution in [0.15, 0.2) is 33.5 Å². The van der Waals surface area contributed by atoms with Crippen molar-refractivity contribution in [2.45, 2.75) is 31.8 Å². The number of rotatable bonds is 4. The van der Waals surface area contributed by atoms with Crippen LogP contribution >= 0.6 is 0 Å². The minimum absolute atomic E-state index is 0.0108. The number of ether oxygens (including phenoxy) is 1. The summed E-state index contributed by atoms with van der Waals surface area (Å²) in [6, 6.07) is 5.82. The third-order valence-corrected chi connectivity index (χ3v) is 3.97. The van der Waals surface area contributed by atoms with Crippen LogP contribution in [0.3, 0.4) is 0 Å². The molecule has 1 saturated heterocycles. The molecule has 1 aromatic heterocycles. The first-order valence-corrected chi connectivity index (χ1v) is 7.76. The van der Waals surface area contributed by atoms with E-state index in [2.05, 4.69) is 5.32 Å². The molecule has 1 aliphatic heterocycles. The van der Waals surface area contributed by atoms with Gasteiger partial charge in [-0.15, -0.1) is 0 Å². The number of hydrogen-bond donors (Lipinski definition) is 2. The minimum atomic E-state index is -0.540. The molecule has 0 spiro atoms. The molecule has 1 aliphatic rings. The Morgan fingerprint density at radius 3 is 2.96 bits per heavy atom. The summed E-state index contributed by atoms with van der Waals surface area (Å²) in [5.41, 5.74) is 0.316. The topological polar surface area (TPSA) is 88.8 Å². The van der Waals surface area contributed by atoms with Crippen LogP contribution < -0.4 is 10.9 Å². The van der Waals surface area contributed by atoms with Crippen LogP contribution in [0.5, 0.6) is 5.75 Å². The van der Waals surface area contributed by atoms with Crippen molar-refractivity contribution in [2.75, 3.05) is 13.2 Å². The Bertz CT molecular complexity index is 761. The first-order chi connectivity index (χ1) is 11.1. The molecule has 0 bridgehead atoms. The van der Waals surface area contributed by atoms with Gasteiger partial charge in [0, 0.05) is 30.7 Å². The molecule has 0 radical (unpaired) electrons. The normalized spacial score (nSPS) is 18.0. The van der Waals surface area contributed by atoms with Gasteiger partial charge in [0.25, 0.3) is 0 Å². The fraction of sp³-hybridized carbons (Fsp3) is 0.412. The molecule has 3 rings (SSSR count). The Hall–Kier alpha value is -2.34. The predicted octanol–water partition coefficient (Wildman–Crippen LogP) is 1.73. The molecule has 2 aromatic rings. The van der Waals surface area contributed by atoms with Gasteiger partial charge in [-0.1, -0.05) is 0 Å². The van der Waals surface area contributed by atoms with Gasteiger partial charge in [0.15, 0.2) is 0 Å². The summed E-state index contributed by atoms with van der Waals surface area (Å²) < 4.78 is 10.6. The SMILES string of the molecule is O=C(Cc1cc(=O)oc2cc(O)ccc12)NCC1CCCCO1. The highest BCUT2D eigenvalue weighted by atomic mass is 16.5. The quantitative estimate of drug-likeness (QED) is 0.838. The van der Waals surface area contributed by atoms with E-state index >= 15 is 0 Å². The van der Waals surface area contributed by atoms with Crippen molar-refractivity contribution in [3.63, 3.8) is 0 Å². The Morgan fingerprint density at radius 1 is 1.30 bits per heavy atom. The van der Waals surface area contributed by atoms with Crippen LogP contribution in [0.4, 0.5) is 0 Å². The number of carbonyl (C=O) groups excluding carboxylic acids is 1. The number of nitrogens with one attached hydrogen (secondary N) is 1. The monoisotopic (exact) mass is 317 g/mol. The average Bonchev–Trinajstić information content (AvgIpc) is 2.53. The molecule has 122 valence electrons. The van der Waals surface area contributed by atoms with E-state index < -0.39 is 5.63 Å². The molecular weight excluding hydrogens is 298 g/mol. The number of carbonyl (C=O) groups is 1. The van der Waals surface area contributed by atoms with E-state index in [1.807, 2.05) is 0 Å². The summed E-state index contributed by atoms with van der Waals surface area (Å²) in [6.45, 7) is 1.23. The molecular formula is C17H19NO5. The Kier molecular flexibility index (Phi) is 4.62. The van der Waals surface area contributed by atoms with E-state index in [0.29, 0.717) is 17.5 Å². The van der Waals surface area contributed by atoms with E-state index in [0.717, 1.165) is 25.9 Å². The number of phenols is 1. The Morgan fingerprint density at radius 2 is 2.17 bits per heavy atom. The van der Waals surface area contributed by atoms with E-state index in [1.54, 1.807) is 6.07 Å². The molecule has 1 aromatic carbocycles. The second-order valence-corrected chi connectivity index (χ2v) is 5.74. The first-order valence-electron chi connectivity index (χ1n) is 7.76. The number of phenolic OH excluding ortho intramolecular Hbond substituents is 1. The maximum Gasteiger partial charge on any atom is 0.336 e. The fourth-order valence-electron chi connectivity index (χ4n) is 2.80. The average molecular weight is 317 g/mol. The molecule has 0 aliphatic carbocycles. The van der Waals surface area contributed by atoms with Crippen LogP contribution in [0.1, 0.15) is 24.8 Å². The predicted molar refractivity (Wildman–Crippen MR) is 84.5 cm³/mol. The van der Waals surface area contributed by atoms with Gasteiger partial charge in [-0.2, -0.15) is 0 Å². The molecule has 2 N–H and O–H groups in total. The minimum Gasteiger partial charge on any atom is -0.508 e.